The minimum atomic E-state index is 0.00268. The molecule has 20 heavy (non-hydrogen) atoms. The second-order valence-electron chi connectivity index (χ2n) is 5.37. The molecule has 102 valence electrons. The zero-order valence-corrected chi connectivity index (χ0v) is 11.3. The van der Waals surface area contributed by atoms with E-state index in [0.29, 0.717) is 5.76 Å². The fourth-order valence-electron chi connectivity index (χ4n) is 3.31. The molecule has 0 amide bonds. The van der Waals surface area contributed by atoms with Gasteiger partial charge in [-0.1, -0.05) is 24.3 Å². The van der Waals surface area contributed by atoms with E-state index in [4.69, 9.17) is 4.74 Å². The van der Waals surface area contributed by atoms with E-state index < -0.39 is 0 Å². The van der Waals surface area contributed by atoms with Crippen LogP contribution in [-0.2, 0) is 4.74 Å². The molecule has 4 nitrogen and oxygen atoms in total. The van der Waals surface area contributed by atoms with E-state index in [-0.39, 0.29) is 11.9 Å². The number of hydrogen-bond donors (Lipinski definition) is 1. The maximum absolute atomic E-state index is 9.91. The Kier molecular flexibility index (Phi) is 2.39. The van der Waals surface area contributed by atoms with Gasteiger partial charge in [0.05, 0.1) is 18.9 Å². The van der Waals surface area contributed by atoms with Gasteiger partial charge in [-0.2, -0.15) is 0 Å². The van der Waals surface area contributed by atoms with Gasteiger partial charge < -0.3 is 14.7 Å². The summed E-state index contributed by atoms with van der Waals surface area (Å²) in [6, 6.07) is 0.200. The number of rotatable bonds is 1. The first-order chi connectivity index (χ1) is 9.78. The molecule has 0 spiro atoms. The van der Waals surface area contributed by atoms with Crippen molar-refractivity contribution in [2.75, 3.05) is 13.7 Å². The first kappa shape index (κ1) is 11.6. The third-order valence-corrected chi connectivity index (χ3v) is 4.29. The number of aliphatic hydroxyl groups excluding tert-OH is 1. The fraction of sp³-hybridized carbons (Fsp3) is 0.312. The smallest absolute Gasteiger partial charge is 0.255 e. The van der Waals surface area contributed by atoms with Gasteiger partial charge >= 0.3 is 0 Å². The Labute approximate surface area is 117 Å². The van der Waals surface area contributed by atoms with E-state index in [1.165, 1.54) is 11.1 Å². The molecule has 1 aliphatic carbocycles. The summed E-state index contributed by atoms with van der Waals surface area (Å²) in [5.74, 6) is 0.509. The Morgan fingerprint density at radius 3 is 3.15 bits per heavy atom. The molecular formula is C16H16N2O2. The third-order valence-electron chi connectivity index (χ3n) is 4.29. The van der Waals surface area contributed by atoms with Crippen LogP contribution in [0.5, 0.6) is 0 Å². The molecule has 1 N–H and O–H groups in total. The molecular weight excluding hydrogens is 252 g/mol. The van der Waals surface area contributed by atoms with Gasteiger partial charge in [0.2, 0.25) is 0 Å². The minimum Gasteiger partial charge on any atom is -0.491 e. The zero-order valence-electron chi connectivity index (χ0n) is 11.3. The average molecular weight is 268 g/mol. The van der Waals surface area contributed by atoms with E-state index >= 15 is 0 Å². The molecule has 4 heteroatoms. The van der Waals surface area contributed by atoms with Gasteiger partial charge in [0, 0.05) is 18.3 Å². The van der Waals surface area contributed by atoms with Crippen LogP contribution in [0.15, 0.2) is 63.9 Å². The van der Waals surface area contributed by atoms with Gasteiger partial charge in [0.25, 0.3) is 5.88 Å². The SMILES string of the molecule is COC1=C(O)N=C2C1=CCN1C=C3CC=CC=C3C[C@@H]21. The number of aliphatic hydroxyl groups is 1. The lowest BCUT2D eigenvalue weighted by Crippen LogP contribution is -2.44. The van der Waals surface area contributed by atoms with E-state index in [2.05, 4.69) is 40.4 Å². The first-order valence-electron chi connectivity index (χ1n) is 6.87. The molecule has 4 rings (SSSR count). The van der Waals surface area contributed by atoms with Crippen LogP contribution in [0, 0.1) is 0 Å². The predicted molar refractivity (Wildman–Crippen MR) is 77.2 cm³/mol. The van der Waals surface area contributed by atoms with Crippen LogP contribution in [0.1, 0.15) is 12.8 Å². The van der Waals surface area contributed by atoms with Gasteiger partial charge in [-0.05, 0) is 24.0 Å². The number of aliphatic imine (C=N–C) groups is 1. The lowest BCUT2D eigenvalue weighted by atomic mass is 9.84. The maximum atomic E-state index is 9.91. The molecule has 0 aromatic carbocycles. The van der Waals surface area contributed by atoms with Crippen molar-refractivity contribution < 1.29 is 9.84 Å². The summed E-state index contributed by atoms with van der Waals surface area (Å²) in [5, 5.41) is 9.91. The molecule has 0 unspecified atom stereocenters. The molecule has 3 aliphatic heterocycles. The first-order valence-corrected chi connectivity index (χ1v) is 6.87. The van der Waals surface area contributed by atoms with E-state index in [0.717, 1.165) is 30.7 Å². The van der Waals surface area contributed by atoms with Crippen LogP contribution >= 0.6 is 0 Å². The number of fused-ring (bicyclic) bond motifs is 4. The molecule has 0 radical (unpaired) electrons. The Hall–Kier alpha value is -2.23. The standard InChI is InChI=1S/C16H16N2O2/c1-20-15-12-6-7-18-9-11-5-3-2-4-10(11)8-13(18)14(12)17-16(15)19/h2-4,6,9,13,19H,5,7-8H2,1H3/t13-/m0/s1. The number of methoxy groups -OCH3 is 1. The van der Waals surface area contributed by atoms with E-state index in [9.17, 15) is 5.11 Å². The maximum Gasteiger partial charge on any atom is 0.255 e. The Balaban J connectivity index is 1.74. The largest absolute Gasteiger partial charge is 0.491 e. The van der Waals surface area contributed by atoms with E-state index in [1.807, 2.05) is 0 Å². The highest BCUT2D eigenvalue weighted by atomic mass is 16.5. The summed E-state index contributed by atoms with van der Waals surface area (Å²) in [7, 11) is 1.57. The summed E-state index contributed by atoms with van der Waals surface area (Å²) in [4.78, 5) is 6.63. The number of hydrogen-bond acceptors (Lipinski definition) is 4. The van der Waals surface area contributed by atoms with E-state index in [1.54, 1.807) is 7.11 Å². The Morgan fingerprint density at radius 2 is 2.30 bits per heavy atom. The molecule has 0 aromatic rings. The highest BCUT2D eigenvalue weighted by Crippen LogP contribution is 2.38. The molecule has 4 aliphatic rings. The van der Waals surface area contributed by atoms with Gasteiger partial charge in [-0.3, -0.25) is 0 Å². The second-order valence-corrected chi connectivity index (χ2v) is 5.37. The molecule has 0 fully saturated rings. The Morgan fingerprint density at radius 1 is 1.40 bits per heavy atom. The summed E-state index contributed by atoms with van der Waals surface area (Å²) >= 11 is 0. The van der Waals surface area contributed by atoms with Crippen LogP contribution in [0.25, 0.3) is 0 Å². The van der Waals surface area contributed by atoms with Crippen molar-refractivity contribution >= 4 is 5.71 Å². The molecule has 0 bridgehead atoms. The predicted octanol–water partition coefficient (Wildman–Crippen LogP) is 2.60. The summed E-state index contributed by atoms with van der Waals surface area (Å²) in [6.45, 7) is 0.833. The highest BCUT2D eigenvalue weighted by molar-refractivity contribution is 6.10. The molecule has 3 heterocycles. The van der Waals surface area contributed by atoms with Crippen molar-refractivity contribution in [3.8, 4) is 0 Å². The topological polar surface area (TPSA) is 45.1 Å². The second kappa shape index (κ2) is 4.13. The van der Waals surface area contributed by atoms with Crippen molar-refractivity contribution in [1.29, 1.82) is 0 Å². The van der Waals surface area contributed by atoms with Gasteiger partial charge in [0.15, 0.2) is 5.76 Å². The lowest BCUT2D eigenvalue weighted by molar-refractivity contribution is 0.267. The van der Waals surface area contributed by atoms with Crippen molar-refractivity contribution in [1.82, 2.24) is 4.90 Å². The minimum absolute atomic E-state index is 0.00268. The number of ether oxygens (including phenoxy) is 1. The van der Waals surface area contributed by atoms with Crippen molar-refractivity contribution in [3.63, 3.8) is 0 Å². The van der Waals surface area contributed by atoms with Crippen molar-refractivity contribution in [2.45, 2.75) is 18.9 Å². The van der Waals surface area contributed by atoms with Crippen LogP contribution in [0.2, 0.25) is 0 Å². The monoisotopic (exact) mass is 268 g/mol. The Bertz CT molecular complexity index is 662. The number of allylic oxidation sites excluding steroid dienone is 5. The van der Waals surface area contributed by atoms with Crippen LogP contribution in [0.3, 0.4) is 0 Å². The summed E-state index contributed by atoms with van der Waals surface area (Å²) < 4.78 is 5.27. The van der Waals surface area contributed by atoms with Crippen LogP contribution in [-0.4, -0.2) is 35.4 Å². The number of nitrogens with zero attached hydrogens (tertiary/aromatic N) is 2. The van der Waals surface area contributed by atoms with Crippen molar-refractivity contribution in [2.24, 2.45) is 4.99 Å². The normalized spacial score (nSPS) is 27.1. The summed E-state index contributed by atoms with van der Waals surface area (Å²) in [6.07, 6.45) is 12.8. The summed E-state index contributed by atoms with van der Waals surface area (Å²) in [5.41, 5.74) is 4.65. The van der Waals surface area contributed by atoms with Crippen LogP contribution < -0.4 is 0 Å². The fourth-order valence-corrected chi connectivity index (χ4v) is 3.31. The molecule has 1 atom stereocenters. The third kappa shape index (κ3) is 1.51. The highest BCUT2D eigenvalue weighted by Gasteiger charge is 2.38. The van der Waals surface area contributed by atoms with Gasteiger partial charge in [-0.25, -0.2) is 4.99 Å². The lowest BCUT2D eigenvalue weighted by Gasteiger charge is -2.39. The van der Waals surface area contributed by atoms with Gasteiger partial charge in [0.1, 0.15) is 0 Å². The zero-order chi connectivity index (χ0) is 13.7. The molecule has 0 saturated heterocycles. The average Bonchev–Trinajstić information content (AvgIpc) is 2.81. The quantitative estimate of drug-likeness (QED) is 0.795. The molecule has 0 aromatic heterocycles. The van der Waals surface area contributed by atoms with Gasteiger partial charge in [-0.15, -0.1) is 0 Å². The van der Waals surface area contributed by atoms with Crippen molar-refractivity contribution in [3.05, 3.63) is 58.9 Å². The molecule has 0 saturated carbocycles. The van der Waals surface area contributed by atoms with Crippen LogP contribution in [0.4, 0.5) is 0 Å².